The normalized spacial score (nSPS) is 11.4. The van der Waals surface area contributed by atoms with Gasteiger partial charge in [0.1, 0.15) is 6.61 Å². The Morgan fingerprint density at radius 3 is 0.797 bits per heavy atom. The quantitative estimate of drug-likeness (QED) is 0.0675. The topological polar surface area (TPSA) is 21.6 Å². The summed E-state index contributed by atoms with van der Waals surface area (Å²) >= 11 is 0. The summed E-state index contributed by atoms with van der Waals surface area (Å²) in [6.45, 7) is -1.56. The molecule has 306 valence electrons. The Bertz CT molecular complexity index is 1830. The van der Waals surface area contributed by atoms with Gasteiger partial charge in [0.2, 0.25) is 5.90 Å². The molecule has 0 unspecified atom stereocenters. The minimum absolute atomic E-state index is 0. The Hall–Kier alpha value is -4.87. The van der Waals surface area contributed by atoms with Crippen LogP contribution in [-0.4, -0.2) is 26.3 Å². The maximum absolute atomic E-state index is 9.75. The fraction of sp³-hybridized carbons (Fsp3) is 0.0435. The number of ether oxygens (including phenoxy) is 1. The third-order valence-corrected chi connectivity index (χ3v) is 12.6. The summed E-state index contributed by atoms with van der Waals surface area (Å²) in [7, 11) is -6.89. The van der Waals surface area contributed by atoms with Crippen molar-refractivity contribution in [1.82, 2.24) is 0 Å². The summed E-state index contributed by atoms with van der Waals surface area (Å²) in [5.41, 5.74) is 1.07. The summed E-state index contributed by atoms with van der Waals surface area (Å²) < 4.78 is 73.0. The molecule has 13 heteroatoms. The molecule has 0 fully saturated rings. The number of halogens is 7. The number of nitrogens with zero attached hydrogens (tertiary/aromatic N) is 1. The summed E-state index contributed by atoms with van der Waals surface area (Å²) in [5, 5.41) is 8.39. The summed E-state index contributed by atoms with van der Waals surface area (Å²) in [4.78, 5) is 4.20. The first-order valence-electron chi connectivity index (χ1n) is 17.9. The van der Waals surface area contributed by atoms with Crippen molar-refractivity contribution in [3.8, 4) is 0 Å². The standard InChI is InChI=1S/2C18H15P.C9H9NO.CF3.BF4.Pt/c2*1-4-10-16(11-5-1)19(17-12-6-2-7-13-17)18-14-8-3-9-15-18;1-2-4-8(5-3-1)9-10-6-7-11-9;2-1(3)4;2-1(3,4)5;/h2*1-15H;1-5H,6-7H2;;;/q;;;2*-1;+2. The van der Waals surface area contributed by atoms with Gasteiger partial charge >= 0.3 is 28.3 Å². The van der Waals surface area contributed by atoms with E-state index in [9.17, 15) is 30.4 Å². The van der Waals surface area contributed by atoms with Gasteiger partial charge < -0.3 is 35.2 Å². The maximum Gasteiger partial charge on any atom is 2.00 e. The van der Waals surface area contributed by atoms with Crippen molar-refractivity contribution >= 4 is 60.8 Å². The molecule has 59 heavy (non-hydrogen) atoms. The SMILES string of the molecule is F[B-](F)(F)F.F[C-](F)F.[Pt+2].c1ccc(C2=NCCO2)cc1.c1ccc(P(c2ccccc2)c2ccccc2)cc1.c1ccc(P(c2ccccc2)c2ccccc2)cc1. The minimum Gasteiger partial charge on any atom is -0.476 e. The first kappa shape index (κ1) is 48.5. The van der Waals surface area contributed by atoms with E-state index >= 15 is 0 Å². The van der Waals surface area contributed by atoms with E-state index in [-0.39, 0.29) is 21.1 Å². The number of rotatable bonds is 7. The third-order valence-electron chi connectivity index (χ3n) is 7.69. The zero-order valence-corrected chi connectivity index (χ0v) is 35.5. The molecule has 7 aromatic rings. The Morgan fingerprint density at radius 2 is 0.610 bits per heavy atom. The van der Waals surface area contributed by atoms with Crippen molar-refractivity contribution in [1.29, 1.82) is 0 Å². The van der Waals surface area contributed by atoms with Crippen molar-refractivity contribution in [3.05, 3.63) is 225 Å². The molecule has 8 rings (SSSR count). The van der Waals surface area contributed by atoms with Crippen LogP contribution in [0.2, 0.25) is 0 Å². The van der Waals surface area contributed by atoms with E-state index < -0.39 is 29.8 Å². The molecule has 0 aromatic heterocycles. The molecule has 0 N–H and O–H groups in total. The van der Waals surface area contributed by atoms with Crippen LogP contribution in [0.25, 0.3) is 0 Å². The van der Waals surface area contributed by atoms with Gasteiger partial charge in [0.05, 0.1) is 6.54 Å². The number of aliphatic imine (C=N–C) groups is 1. The van der Waals surface area contributed by atoms with Gasteiger partial charge in [-0.15, -0.1) is 0 Å². The molecule has 1 aliphatic rings. The summed E-state index contributed by atoms with van der Waals surface area (Å²) in [6, 6.07) is 74.6. The van der Waals surface area contributed by atoms with Crippen LogP contribution in [0.4, 0.5) is 30.4 Å². The molecule has 2 nitrogen and oxygen atoms in total. The van der Waals surface area contributed by atoms with Gasteiger partial charge in [-0.2, -0.15) is 0 Å². The van der Waals surface area contributed by atoms with Crippen molar-refractivity contribution < 1.29 is 56.2 Å². The molecule has 7 aromatic carbocycles. The van der Waals surface area contributed by atoms with E-state index in [0.29, 0.717) is 0 Å². The maximum atomic E-state index is 9.75. The largest absolute Gasteiger partial charge is 2.00 e. The Kier molecular flexibility index (Phi) is 22.2. The number of benzene rings is 7. The minimum atomic E-state index is -6.00. The molecular weight excluding hydrogens is 983 g/mol. The third kappa shape index (κ3) is 18.7. The van der Waals surface area contributed by atoms with E-state index in [1.54, 1.807) is 0 Å². The van der Waals surface area contributed by atoms with E-state index in [4.69, 9.17) is 4.74 Å². The van der Waals surface area contributed by atoms with E-state index in [2.05, 4.69) is 187 Å². The van der Waals surface area contributed by atoms with Gasteiger partial charge in [0.25, 0.3) is 0 Å². The van der Waals surface area contributed by atoms with Crippen LogP contribution in [0.15, 0.2) is 217 Å². The van der Waals surface area contributed by atoms with Gasteiger partial charge in [-0.05, 0) is 59.8 Å². The van der Waals surface area contributed by atoms with Gasteiger partial charge in [-0.25, -0.2) is 4.99 Å². The van der Waals surface area contributed by atoms with Crippen LogP contribution in [0, 0.1) is 6.68 Å². The van der Waals surface area contributed by atoms with E-state index in [1.807, 2.05) is 30.3 Å². The van der Waals surface area contributed by atoms with Crippen molar-refractivity contribution in [2.75, 3.05) is 13.2 Å². The van der Waals surface area contributed by atoms with Crippen LogP contribution < -0.4 is 31.8 Å². The predicted molar refractivity (Wildman–Crippen MR) is 231 cm³/mol. The molecule has 0 spiro atoms. The molecule has 0 amide bonds. The second-order valence-corrected chi connectivity index (χ2v) is 16.2. The number of hydrogen-bond donors (Lipinski definition) is 0. The zero-order valence-electron chi connectivity index (χ0n) is 31.4. The van der Waals surface area contributed by atoms with Crippen molar-refractivity contribution in [2.24, 2.45) is 4.99 Å². The van der Waals surface area contributed by atoms with Crippen LogP contribution in [0.1, 0.15) is 5.56 Å². The molecule has 0 atom stereocenters. The van der Waals surface area contributed by atoms with Gasteiger partial charge in [-0.3, -0.25) is 0 Å². The zero-order chi connectivity index (χ0) is 41.4. The van der Waals surface area contributed by atoms with Gasteiger partial charge in [-0.1, -0.05) is 200 Å². The summed E-state index contributed by atoms with van der Waals surface area (Å²) in [5.74, 6) is 0.783. The Morgan fingerprint density at radius 1 is 0.407 bits per heavy atom. The first-order chi connectivity index (χ1) is 28.1. The Balaban J connectivity index is 0.000000218. The second-order valence-electron chi connectivity index (χ2n) is 11.8. The molecular formula is C46H39BF7NOP2Pt. The fourth-order valence-electron chi connectivity index (χ4n) is 5.45. The van der Waals surface area contributed by atoms with Crippen LogP contribution >= 0.6 is 15.8 Å². The van der Waals surface area contributed by atoms with Crippen molar-refractivity contribution in [3.63, 3.8) is 0 Å². The second kappa shape index (κ2) is 27.0. The fourth-order valence-corrected chi connectivity index (χ4v) is 10.1. The molecule has 1 aliphatic heterocycles. The summed E-state index contributed by atoms with van der Waals surface area (Å²) in [6.07, 6.45) is 0. The molecule has 0 bridgehead atoms. The molecule has 0 saturated heterocycles. The van der Waals surface area contributed by atoms with Gasteiger partial charge in [0.15, 0.2) is 6.68 Å². The van der Waals surface area contributed by atoms with Gasteiger partial charge in [0, 0.05) is 5.56 Å². The average Bonchev–Trinajstić information content (AvgIpc) is 3.79. The van der Waals surface area contributed by atoms with E-state index in [0.717, 1.165) is 24.6 Å². The van der Waals surface area contributed by atoms with Crippen LogP contribution in [0.3, 0.4) is 0 Å². The first-order valence-corrected chi connectivity index (χ1v) is 20.6. The molecule has 0 aliphatic carbocycles. The monoisotopic (exact) mass is 1020 g/mol. The number of hydrogen-bond acceptors (Lipinski definition) is 2. The van der Waals surface area contributed by atoms with E-state index in [1.165, 1.54) is 31.8 Å². The molecule has 1 heterocycles. The van der Waals surface area contributed by atoms with Crippen LogP contribution in [-0.2, 0) is 25.8 Å². The van der Waals surface area contributed by atoms with Crippen molar-refractivity contribution in [2.45, 2.75) is 0 Å². The smallest absolute Gasteiger partial charge is 0.476 e. The molecule has 0 radical (unpaired) electrons. The van der Waals surface area contributed by atoms with Crippen LogP contribution in [0.5, 0.6) is 0 Å². The Labute approximate surface area is 358 Å². The predicted octanol–water partition coefficient (Wildman–Crippen LogP) is 11.0. The average molecular weight is 1020 g/mol. The molecule has 0 saturated carbocycles.